The van der Waals surface area contributed by atoms with Crippen molar-refractivity contribution >= 4 is 11.7 Å². The third kappa shape index (κ3) is 1.76. The molecule has 1 atom stereocenters. The number of anilines is 1. The van der Waals surface area contributed by atoms with Crippen LogP contribution in [0.3, 0.4) is 0 Å². The molecule has 1 aliphatic rings. The highest BCUT2D eigenvalue weighted by atomic mass is 19.1. The van der Waals surface area contributed by atoms with Crippen LogP contribution >= 0.6 is 0 Å². The summed E-state index contributed by atoms with van der Waals surface area (Å²) in [5.41, 5.74) is 0.879. The van der Waals surface area contributed by atoms with E-state index in [1.165, 1.54) is 12.1 Å². The zero-order valence-corrected chi connectivity index (χ0v) is 11.3. The van der Waals surface area contributed by atoms with E-state index in [4.69, 9.17) is 4.74 Å². The van der Waals surface area contributed by atoms with Crippen molar-refractivity contribution in [2.24, 2.45) is 0 Å². The number of hydrogen-bond donors (Lipinski definition) is 0. The Kier molecular flexibility index (Phi) is 2.74. The topological polar surface area (TPSA) is 29.5 Å². The smallest absolute Gasteiger partial charge is 0.342 e. The van der Waals surface area contributed by atoms with Crippen molar-refractivity contribution in [3.63, 3.8) is 0 Å². The molecule has 1 heterocycles. The summed E-state index contributed by atoms with van der Waals surface area (Å²) in [6.45, 7) is 1.83. The Labute approximate surface area is 116 Å². The summed E-state index contributed by atoms with van der Waals surface area (Å²) >= 11 is 0. The van der Waals surface area contributed by atoms with Gasteiger partial charge in [-0.15, -0.1) is 0 Å². The van der Waals surface area contributed by atoms with E-state index in [1.54, 1.807) is 6.07 Å². The third-order valence-electron chi connectivity index (χ3n) is 3.78. The summed E-state index contributed by atoms with van der Waals surface area (Å²) in [4.78, 5) is 14.0. The van der Waals surface area contributed by atoms with Gasteiger partial charge < -0.3 is 9.64 Å². The van der Waals surface area contributed by atoms with Crippen molar-refractivity contribution in [3.8, 4) is 0 Å². The summed E-state index contributed by atoms with van der Waals surface area (Å²) in [5, 5.41) is 0. The third-order valence-corrected chi connectivity index (χ3v) is 3.78. The van der Waals surface area contributed by atoms with Crippen molar-refractivity contribution in [3.05, 3.63) is 65.5 Å². The summed E-state index contributed by atoms with van der Waals surface area (Å²) in [6, 6.07) is 13.6. The first kappa shape index (κ1) is 12.7. The van der Waals surface area contributed by atoms with Gasteiger partial charge in [-0.2, -0.15) is 0 Å². The maximum Gasteiger partial charge on any atom is 0.342 e. The predicted molar refractivity (Wildman–Crippen MR) is 74.0 cm³/mol. The van der Waals surface area contributed by atoms with Crippen LogP contribution in [0, 0.1) is 5.82 Å². The van der Waals surface area contributed by atoms with Gasteiger partial charge in [-0.1, -0.05) is 30.3 Å². The lowest BCUT2D eigenvalue weighted by Crippen LogP contribution is -2.49. The number of fused-ring (bicyclic) bond motifs is 1. The number of rotatable bonds is 1. The minimum absolute atomic E-state index is 0.251. The Bertz CT molecular complexity index is 671. The molecular formula is C16H14FNO2. The summed E-state index contributed by atoms with van der Waals surface area (Å²) < 4.78 is 18.9. The van der Waals surface area contributed by atoms with Crippen LogP contribution in [0.1, 0.15) is 22.8 Å². The number of benzene rings is 2. The van der Waals surface area contributed by atoms with Crippen LogP contribution in [0.25, 0.3) is 0 Å². The largest absolute Gasteiger partial charge is 0.431 e. The Morgan fingerprint density at radius 2 is 1.85 bits per heavy atom. The van der Waals surface area contributed by atoms with E-state index in [1.807, 2.05) is 49.2 Å². The number of halogens is 1. The van der Waals surface area contributed by atoms with E-state index in [9.17, 15) is 9.18 Å². The van der Waals surface area contributed by atoms with Crippen LogP contribution in [-0.4, -0.2) is 13.0 Å². The first-order chi connectivity index (χ1) is 9.52. The molecule has 0 unspecified atom stereocenters. The number of carbonyl (C=O) groups excluding carboxylic acids is 1. The molecule has 0 saturated heterocycles. The van der Waals surface area contributed by atoms with E-state index >= 15 is 0 Å². The van der Waals surface area contributed by atoms with Gasteiger partial charge in [-0.05, 0) is 25.1 Å². The molecule has 3 rings (SSSR count). The monoisotopic (exact) mass is 271 g/mol. The van der Waals surface area contributed by atoms with Crippen LogP contribution in [0.2, 0.25) is 0 Å². The van der Waals surface area contributed by atoms with Gasteiger partial charge in [0.25, 0.3) is 0 Å². The molecule has 1 aliphatic heterocycles. The van der Waals surface area contributed by atoms with Crippen LogP contribution in [0.4, 0.5) is 10.1 Å². The van der Waals surface area contributed by atoms with E-state index in [0.717, 1.165) is 5.56 Å². The van der Waals surface area contributed by atoms with Crippen molar-refractivity contribution < 1.29 is 13.9 Å². The minimum atomic E-state index is -0.900. The quantitative estimate of drug-likeness (QED) is 0.745. The number of carbonyl (C=O) groups is 1. The zero-order chi connectivity index (χ0) is 14.3. The molecular weight excluding hydrogens is 257 g/mol. The molecule has 0 amide bonds. The molecule has 102 valence electrons. The van der Waals surface area contributed by atoms with Crippen molar-refractivity contribution in [1.29, 1.82) is 0 Å². The van der Waals surface area contributed by atoms with Crippen molar-refractivity contribution in [1.82, 2.24) is 0 Å². The molecule has 2 aromatic carbocycles. The molecule has 0 bridgehead atoms. The predicted octanol–water partition coefficient (Wildman–Crippen LogP) is 3.31. The molecule has 0 spiro atoms. The fourth-order valence-corrected chi connectivity index (χ4v) is 2.50. The molecule has 20 heavy (non-hydrogen) atoms. The van der Waals surface area contributed by atoms with Crippen LogP contribution in [-0.2, 0) is 10.5 Å². The summed E-state index contributed by atoms with van der Waals surface area (Å²) in [7, 11) is 1.83. The lowest BCUT2D eigenvalue weighted by molar-refractivity contribution is -0.0166. The highest BCUT2D eigenvalue weighted by Gasteiger charge is 2.42. The van der Waals surface area contributed by atoms with E-state index < -0.39 is 17.5 Å². The Morgan fingerprint density at radius 3 is 2.55 bits per heavy atom. The number of hydrogen-bond acceptors (Lipinski definition) is 3. The number of ether oxygens (including phenoxy) is 1. The minimum Gasteiger partial charge on any atom is -0.431 e. The number of cyclic esters (lactones) is 1. The van der Waals surface area contributed by atoms with Crippen LogP contribution in [0.15, 0.2) is 48.5 Å². The Balaban J connectivity index is 2.14. The lowest BCUT2D eigenvalue weighted by Gasteiger charge is -2.43. The van der Waals surface area contributed by atoms with Gasteiger partial charge in [-0.25, -0.2) is 9.18 Å². The fraction of sp³-hybridized carbons (Fsp3) is 0.188. The SMILES string of the molecule is CN1c2ccc(F)cc2C(=O)O[C@]1(C)c1ccccc1. The first-order valence-corrected chi connectivity index (χ1v) is 6.34. The molecule has 0 fully saturated rings. The number of nitrogens with zero attached hydrogens (tertiary/aromatic N) is 1. The molecule has 2 aromatic rings. The molecule has 4 heteroatoms. The lowest BCUT2D eigenvalue weighted by atomic mass is 9.98. The zero-order valence-electron chi connectivity index (χ0n) is 11.3. The fourth-order valence-electron chi connectivity index (χ4n) is 2.50. The molecule has 0 aliphatic carbocycles. The second kappa shape index (κ2) is 4.34. The van der Waals surface area contributed by atoms with E-state index in [0.29, 0.717) is 5.69 Å². The molecule has 0 radical (unpaired) electrons. The van der Waals surface area contributed by atoms with Crippen molar-refractivity contribution in [2.75, 3.05) is 11.9 Å². The van der Waals surface area contributed by atoms with Gasteiger partial charge in [0.2, 0.25) is 5.72 Å². The maximum absolute atomic E-state index is 13.3. The van der Waals surface area contributed by atoms with Crippen LogP contribution < -0.4 is 4.90 Å². The summed E-state index contributed by atoms with van der Waals surface area (Å²) in [5.74, 6) is -0.957. The van der Waals surface area contributed by atoms with E-state index in [2.05, 4.69) is 0 Å². The van der Waals surface area contributed by atoms with Gasteiger partial charge in [-0.3, -0.25) is 0 Å². The van der Waals surface area contributed by atoms with E-state index in [-0.39, 0.29) is 5.56 Å². The van der Waals surface area contributed by atoms with Gasteiger partial charge in [0.1, 0.15) is 5.82 Å². The Hall–Kier alpha value is -2.36. The van der Waals surface area contributed by atoms with Crippen molar-refractivity contribution in [2.45, 2.75) is 12.6 Å². The van der Waals surface area contributed by atoms with Gasteiger partial charge >= 0.3 is 5.97 Å². The highest BCUT2D eigenvalue weighted by molar-refractivity contribution is 5.98. The molecule has 0 N–H and O–H groups in total. The summed E-state index contributed by atoms with van der Waals surface area (Å²) in [6.07, 6.45) is 0. The first-order valence-electron chi connectivity index (χ1n) is 6.34. The molecule has 0 aromatic heterocycles. The molecule has 0 saturated carbocycles. The average Bonchev–Trinajstić information content (AvgIpc) is 2.46. The normalized spacial score (nSPS) is 21.4. The van der Waals surface area contributed by atoms with Gasteiger partial charge in [0.15, 0.2) is 0 Å². The standard InChI is InChI=1S/C16H14FNO2/c1-16(11-6-4-3-5-7-11)18(2)14-9-8-12(17)10-13(14)15(19)20-16/h3-10H,1-2H3/t16-/m1/s1. The Morgan fingerprint density at radius 1 is 1.15 bits per heavy atom. The number of esters is 1. The highest BCUT2D eigenvalue weighted by Crippen LogP contribution is 2.40. The van der Waals surface area contributed by atoms with Gasteiger partial charge in [0.05, 0.1) is 11.3 Å². The van der Waals surface area contributed by atoms with Gasteiger partial charge in [0, 0.05) is 12.6 Å². The van der Waals surface area contributed by atoms with Crippen LogP contribution in [0.5, 0.6) is 0 Å². The second-order valence-corrected chi connectivity index (χ2v) is 4.96. The molecule has 3 nitrogen and oxygen atoms in total. The second-order valence-electron chi connectivity index (χ2n) is 4.96. The average molecular weight is 271 g/mol. The maximum atomic E-state index is 13.3.